The molecule has 0 bridgehead atoms. The number of hydrogen-bond acceptors (Lipinski definition) is 5. The number of thiophene rings is 1. The van der Waals surface area contributed by atoms with Gasteiger partial charge in [-0.2, -0.15) is 5.10 Å². The van der Waals surface area contributed by atoms with Gasteiger partial charge in [-0.1, -0.05) is 36.4 Å². The quantitative estimate of drug-likeness (QED) is 0.512. The highest BCUT2D eigenvalue weighted by Gasteiger charge is 2.28. The van der Waals surface area contributed by atoms with E-state index in [2.05, 4.69) is 17.0 Å². The molecule has 1 aliphatic heterocycles. The molecule has 4 rings (SSSR count). The lowest BCUT2D eigenvalue weighted by molar-refractivity contribution is -0.132. The van der Waals surface area contributed by atoms with Gasteiger partial charge >= 0.3 is 0 Å². The van der Waals surface area contributed by atoms with Crippen molar-refractivity contribution in [1.29, 1.82) is 0 Å². The van der Waals surface area contributed by atoms with Gasteiger partial charge < -0.3 is 9.80 Å². The van der Waals surface area contributed by atoms with Gasteiger partial charge in [-0.15, -0.1) is 11.3 Å². The van der Waals surface area contributed by atoms with Crippen LogP contribution in [0, 0.1) is 0 Å². The lowest BCUT2D eigenvalue weighted by Gasteiger charge is -2.35. The van der Waals surface area contributed by atoms with E-state index in [0.717, 1.165) is 29.2 Å². The zero-order valence-corrected chi connectivity index (χ0v) is 20.1. The van der Waals surface area contributed by atoms with Gasteiger partial charge in [-0.25, -0.2) is 0 Å². The first-order valence-electron chi connectivity index (χ1n) is 11.5. The molecule has 0 saturated carbocycles. The summed E-state index contributed by atoms with van der Waals surface area (Å²) in [4.78, 5) is 32.8. The lowest BCUT2D eigenvalue weighted by atomic mass is 10.1. The van der Waals surface area contributed by atoms with Crippen LogP contribution in [-0.2, 0) is 11.3 Å². The summed E-state index contributed by atoms with van der Waals surface area (Å²) in [5.74, 6) is 0.161. The third kappa shape index (κ3) is 5.51. The van der Waals surface area contributed by atoms with Gasteiger partial charge in [0.05, 0.1) is 23.5 Å². The van der Waals surface area contributed by atoms with E-state index in [1.807, 2.05) is 70.2 Å². The molecule has 1 aromatic carbocycles. The summed E-state index contributed by atoms with van der Waals surface area (Å²) < 4.78 is 1.86. The average molecular weight is 466 g/mol. The van der Waals surface area contributed by atoms with Crippen LogP contribution in [0.1, 0.15) is 29.8 Å². The summed E-state index contributed by atoms with van der Waals surface area (Å²) in [5, 5.41) is 6.78. The summed E-state index contributed by atoms with van der Waals surface area (Å²) in [7, 11) is 0. The predicted molar refractivity (Wildman–Crippen MR) is 131 cm³/mol. The SMILES string of the molecule is CCN(CC)C(=O)CN1CCN(C(=O)c2cn(Cc3ccccc3)nc2-c2cccs2)CC1. The Kier molecular flexibility index (Phi) is 7.57. The van der Waals surface area contributed by atoms with Crippen LogP contribution in [0.25, 0.3) is 10.6 Å². The second kappa shape index (κ2) is 10.8. The molecule has 2 aromatic heterocycles. The van der Waals surface area contributed by atoms with Crippen molar-refractivity contribution in [2.75, 3.05) is 45.8 Å². The molecule has 3 heterocycles. The summed E-state index contributed by atoms with van der Waals surface area (Å²) in [6.45, 7) is 9.11. The molecule has 0 spiro atoms. The predicted octanol–water partition coefficient (Wildman–Crippen LogP) is 3.29. The number of hydrogen-bond donors (Lipinski definition) is 0. The summed E-state index contributed by atoms with van der Waals surface area (Å²) in [5.41, 5.74) is 2.52. The van der Waals surface area contributed by atoms with E-state index in [-0.39, 0.29) is 11.8 Å². The molecule has 0 radical (unpaired) electrons. The number of nitrogens with zero attached hydrogens (tertiary/aromatic N) is 5. The molecule has 1 saturated heterocycles. The fourth-order valence-corrected chi connectivity index (χ4v) is 4.89. The normalized spacial score (nSPS) is 14.4. The molecule has 2 amide bonds. The largest absolute Gasteiger partial charge is 0.342 e. The number of carbonyl (C=O) groups excluding carboxylic acids is 2. The molecule has 0 aliphatic carbocycles. The summed E-state index contributed by atoms with van der Waals surface area (Å²) in [6.07, 6.45) is 1.88. The standard InChI is InChI=1S/C25H31N5O2S/c1-3-28(4-2)23(31)19-27-12-14-29(15-13-27)25(32)21-18-30(17-20-9-6-5-7-10-20)26-24(21)22-11-8-16-33-22/h5-11,16,18H,3-4,12-15,17,19H2,1-2H3. The Morgan fingerprint density at radius 3 is 2.36 bits per heavy atom. The number of piperazine rings is 1. The van der Waals surface area contributed by atoms with Gasteiger partial charge in [0.1, 0.15) is 5.69 Å². The fraction of sp³-hybridized carbons (Fsp3) is 0.400. The Balaban J connectivity index is 1.46. The molecule has 174 valence electrons. The smallest absolute Gasteiger partial charge is 0.257 e. The van der Waals surface area contributed by atoms with Crippen molar-refractivity contribution in [2.45, 2.75) is 20.4 Å². The zero-order valence-electron chi connectivity index (χ0n) is 19.3. The Hall–Kier alpha value is -2.97. The number of carbonyl (C=O) groups is 2. The number of rotatable bonds is 8. The van der Waals surface area contributed by atoms with E-state index in [9.17, 15) is 9.59 Å². The second-order valence-electron chi connectivity index (χ2n) is 8.19. The maximum atomic E-state index is 13.5. The molecule has 0 N–H and O–H groups in total. The molecule has 0 unspecified atom stereocenters. The maximum absolute atomic E-state index is 13.5. The van der Waals surface area contributed by atoms with E-state index in [0.29, 0.717) is 44.8 Å². The molecular weight excluding hydrogens is 434 g/mol. The molecule has 1 aliphatic rings. The van der Waals surface area contributed by atoms with E-state index in [4.69, 9.17) is 5.10 Å². The van der Waals surface area contributed by atoms with Crippen LogP contribution in [0.15, 0.2) is 54.0 Å². The van der Waals surface area contributed by atoms with Gasteiger partial charge in [0, 0.05) is 45.5 Å². The molecule has 8 heteroatoms. The van der Waals surface area contributed by atoms with Crippen molar-refractivity contribution < 1.29 is 9.59 Å². The summed E-state index contributed by atoms with van der Waals surface area (Å²) >= 11 is 1.59. The van der Waals surface area contributed by atoms with Crippen molar-refractivity contribution in [1.82, 2.24) is 24.5 Å². The van der Waals surface area contributed by atoms with Gasteiger partial charge in [-0.3, -0.25) is 19.2 Å². The van der Waals surface area contributed by atoms with E-state index in [1.54, 1.807) is 11.3 Å². The zero-order chi connectivity index (χ0) is 23.2. The van der Waals surface area contributed by atoms with E-state index < -0.39 is 0 Å². The van der Waals surface area contributed by atoms with E-state index in [1.165, 1.54) is 0 Å². The Labute approximate surface area is 199 Å². The van der Waals surface area contributed by atoms with Gasteiger partial charge in [-0.05, 0) is 30.9 Å². The molecule has 1 fully saturated rings. The monoisotopic (exact) mass is 465 g/mol. The Morgan fingerprint density at radius 1 is 1.00 bits per heavy atom. The van der Waals surface area contributed by atoms with Crippen molar-refractivity contribution in [3.8, 4) is 10.6 Å². The molecule has 33 heavy (non-hydrogen) atoms. The minimum Gasteiger partial charge on any atom is -0.342 e. The van der Waals surface area contributed by atoms with Crippen molar-refractivity contribution in [2.24, 2.45) is 0 Å². The number of aromatic nitrogens is 2. The highest BCUT2D eigenvalue weighted by Crippen LogP contribution is 2.28. The van der Waals surface area contributed by atoms with Crippen LogP contribution in [0.3, 0.4) is 0 Å². The molecular formula is C25H31N5O2S. The van der Waals surface area contributed by atoms with Crippen molar-refractivity contribution in [3.63, 3.8) is 0 Å². The van der Waals surface area contributed by atoms with Crippen LogP contribution in [-0.4, -0.2) is 82.1 Å². The molecule has 0 atom stereocenters. The third-order valence-corrected chi connectivity index (χ3v) is 6.95. The van der Waals surface area contributed by atoms with Crippen molar-refractivity contribution in [3.05, 3.63) is 65.2 Å². The maximum Gasteiger partial charge on any atom is 0.257 e. The van der Waals surface area contributed by atoms with Crippen LogP contribution in [0.4, 0.5) is 0 Å². The minimum atomic E-state index is 0.00688. The highest BCUT2D eigenvalue weighted by molar-refractivity contribution is 7.13. The van der Waals surface area contributed by atoms with Crippen LogP contribution < -0.4 is 0 Å². The number of benzene rings is 1. The Bertz CT molecular complexity index is 1050. The fourth-order valence-electron chi connectivity index (χ4n) is 4.17. The second-order valence-corrected chi connectivity index (χ2v) is 9.13. The Morgan fingerprint density at radius 2 is 1.73 bits per heavy atom. The average Bonchev–Trinajstić information content (AvgIpc) is 3.51. The first-order valence-corrected chi connectivity index (χ1v) is 12.4. The van der Waals surface area contributed by atoms with Gasteiger partial charge in [0.25, 0.3) is 5.91 Å². The third-order valence-electron chi connectivity index (χ3n) is 6.07. The van der Waals surface area contributed by atoms with Crippen LogP contribution >= 0.6 is 11.3 Å². The minimum absolute atomic E-state index is 0.00688. The first kappa shape index (κ1) is 23.2. The number of amides is 2. The van der Waals surface area contributed by atoms with Gasteiger partial charge in [0.15, 0.2) is 0 Å². The van der Waals surface area contributed by atoms with Crippen LogP contribution in [0.5, 0.6) is 0 Å². The molecule has 3 aromatic rings. The first-order chi connectivity index (χ1) is 16.1. The lowest BCUT2D eigenvalue weighted by Crippen LogP contribution is -2.51. The summed E-state index contributed by atoms with van der Waals surface area (Å²) in [6, 6.07) is 14.1. The number of likely N-dealkylation sites (N-methyl/N-ethyl adjacent to an activating group) is 1. The van der Waals surface area contributed by atoms with Gasteiger partial charge in [0.2, 0.25) is 5.91 Å². The highest BCUT2D eigenvalue weighted by atomic mass is 32.1. The van der Waals surface area contributed by atoms with E-state index >= 15 is 0 Å². The van der Waals surface area contributed by atoms with Crippen molar-refractivity contribution >= 4 is 23.2 Å². The molecule has 7 nitrogen and oxygen atoms in total. The van der Waals surface area contributed by atoms with Crippen LogP contribution in [0.2, 0.25) is 0 Å². The topological polar surface area (TPSA) is 61.7 Å².